The van der Waals surface area contributed by atoms with Crippen molar-refractivity contribution in [3.63, 3.8) is 0 Å². The summed E-state index contributed by atoms with van der Waals surface area (Å²) < 4.78 is 24.8. The fraction of sp³-hybridized carbons (Fsp3) is 0.143. The van der Waals surface area contributed by atoms with E-state index in [4.69, 9.17) is 0 Å². The fourth-order valence-corrected chi connectivity index (χ4v) is 1.50. The van der Waals surface area contributed by atoms with E-state index in [2.05, 4.69) is 4.98 Å². The Morgan fingerprint density at radius 1 is 1.60 bits per heavy atom. The minimum atomic E-state index is -3.03. The third-order valence-corrected chi connectivity index (χ3v) is 2.46. The quantitative estimate of drug-likeness (QED) is 0.281. The van der Waals surface area contributed by atoms with Gasteiger partial charge in [-0.2, -0.15) is 0 Å². The minimum absolute atomic E-state index is 0.0266. The molecular formula is C7H3F2IN2O3. The van der Waals surface area contributed by atoms with E-state index in [1.54, 1.807) is 22.6 Å². The zero-order chi connectivity index (χ0) is 11.6. The highest BCUT2D eigenvalue weighted by atomic mass is 127. The van der Waals surface area contributed by atoms with Gasteiger partial charge in [-0.25, -0.2) is 13.8 Å². The molecule has 0 fully saturated rings. The van der Waals surface area contributed by atoms with E-state index >= 15 is 0 Å². The Bertz CT molecular complexity index is 425. The Morgan fingerprint density at radius 2 is 2.20 bits per heavy atom. The number of nitrogens with zero attached hydrogens (tertiary/aromatic N) is 2. The van der Waals surface area contributed by atoms with Gasteiger partial charge in [-0.15, -0.1) is 0 Å². The minimum Gasteiger partial charge on any atom is -0.298 e. The van der Waals surface area contributed by atoms with E-state index < -0.39 is 28.2 Å². The van der Waals surface area contributed by atoms with Crippen molar-refractivity contribution in [2.45, 2.75) is 6.43 Å². The maximum atomic E-state index is 12.4. The van der Waals surface area contributed by atoms with Crippen LogP contribution in [0.5, 0.6) is 0 Å². The smallest absolute Gasteiger partial charge is 0.293 e. The number of aromatic nitrogens is 1. The van der Waals surface area contributed by atoms with E-state index in [9.17, 15) is 23.7 Å². The first kappa shape index (κ1) is 11.9. The molecule has 0 N–H and O–H groups in total. The van der Waals surface area contributed by atoms with E-state index in [1.165, 1.54) is 0 Å². The maximum absolute atomic E-state index is 12.4. The van der Waals surface area contributed by atoms with Gasteiger partial charge in [0.25, 0.3) is 12.1 Å². The van der Waals surface area contributed by atoms with Crippen molar-refractivity contribution in [3.8, 4) is 0 Å². The Morgan fingerprint density at radius 3 is 2.60 bits per heavy atom. The Hall–Kier alpha value is -1.19. The predicted octanol–water partition coefficient (Wildman–Crippen LogP) is 2.34. The van der Waals surface area contributed by atoms with Crippen molar-refractivity contribution >= 4 is 34.6 Å². The lowest BCUT2D eigenvalue weighted by molar-refractivity contribution is -0.386. The number of hydrogen-bond acceptors (Lipinski definition) is 4. The van der Waals surface area contributed by atoms with Crippen molar-refractivity contribution in [1.82, 2.24) is 4.98 Å². The van der Waals surface area contributed by atoms with Gasteiger partial charge in [0.2, 0.25) is 0 Å². The Balaban J connectivity index is 3.56. The number of aldehydes is 1. The van der Waals surface area contributed by atoms with Crippen molar-refractivity contribution in [2.75, 3.05) is 0 Å². The highest BCUT2D eigenvalue weighted by Gasteiger charge is 2.28. The number of nitro groups is 1. The number of hydrogen-bond donors (Lipinski definition) is 0. The summed E-state index contributed by atoms with van der Waals surface area (Å²) in [6, 6.07) is 0. The van der Waals surface area contributed by atoms with Crippen LogP contribution in [-0.4, -0.2) is 16.2 Å². The highest BCUT2D eigenvalue weighted by Crippen LogP contribution is 2.32. The lowest BCUT2D eigenvalue weighted by atomic mass is 10.1. The molecule has 0 saturated heterocycles. The summed E-state index contributed by atoms with van der Waals surface area (Å²) in [5.74, 6) is 0. The molecule has 0 aliphatic carbocycles. The first-order chi connectivity index (χ1) is 6.99. The molecule has 0 spiro atoms. The lowest BCUT2D eigenvalue weighted by Crippen LogP contribution is -2.04. The number of carbonyl (C=O) groups excluding carboxylic acids is 1. The van der Waals surface area contributed by atoms with E-state index in [0.717, 1.165) is 0 Å². The van der Waals surface area contributed by atoms with Crippen molar-refractivity contribution in [3.05, 3.63) is 31.1 Å². The summed E-state index contributed by atoms with van der Waals surface area (Å²) >= 11 is 1.57. The predicted molar refractivity (Wildman–Crippen MR) is 54.0 cm³/mol. The van der Waals surface area contributed by atoms with E-state index in [-0.39, 0.29) is 9.99 Å². The molecule has 1 rings (SSSR count). The van der Waals surface area contributed by atoms with Gasteiger partial charge in [-0.05, 0) is 22.6 Å². The molecule has 0 radical (unpaired) electrons. The van der Waals surface area contributed by atoms with Crippen LogP contribution in [0.4, 0.5) is 14.5 Å². The van der Waals surface area contributed by atoms with Gasteiger partial charge in [0.05, 0.1) is 4.92 Å². The SMILES string of the molecule is O=Cc1c(I)ncc(C(F)F)c1[N+](=O)[O-]. The van der Waals surface area contributed by atoms with Gasteiger partial charge in [-0.3, -0.25) is 14.9 Å². The third-order valence-electron chi connectivity index (χ3n) is 1.60. The van der Waals surface area contributed by atoms with Gasteiger partial charge in [0, 0.05) is 6.20 Å². The third kappa shape index (κ3) is 2.25. The summed E-state index contributed by atoms with van der Waals surface area (Å²) in [5, 5.41) is 10.5. The molecule has 0 bridgehead atoms. The number of alkyl halides is 2. The molecule has 0 amide bonds. The summed E-state index contributed by atoms with van der Waals surface area (Å²) in [7, 11) is 0. The van der Waals surface area contributed by atoms with Crippen LogP contribution in [0.1, 0.15) is 22.3 Å². The molecule has 15 heavy (non-hydrogen) atoms. The second kappa shape index (κ2) is 4.55. The monoisotopic (exact) mass is 328 g/mol. The zero-order valence-electron chi connectivity index (χ0n) is 6.99. The van der Waals surface area contributed by atoms with Crippen LogP contribution in [0, 0.1) is 13.8 Å². The molecule has 0 aromatic carbocycles. The first-order valence-corrected chi connectivity index (χ1v) is 4.63. The number of carbonyl (C=O) groups is 1. The second-order valence-electron chi connectivity index (χ2n) is 2.44. The van der Waals surface area contributed by atoms with Crippen LogP contribution >= 0.6 is 22.6 Å². The Labute approximate surface area is 95.8 Å². The molecular weight excluding hydrogens is 325 g/mol. The van der Waals surface area contributed by atoms with Crippen LogP contribution in [0.25, 0.3) is 0 Å². The molecule has 0 saturated carbocycles. The largest absolute Gasteiger partial charge is 0.298 e. The molecule has 80 valence electrons. The topological polar surface area (TPSA) is 73.1 Å². The Kier molecular flexibility index (Phi) is 3.61. The molecule has 0 atom stereocenters. The first-order valence-electron chi connectivity index (χ1n) is 3.55. The molecule has 0 aliphatic rings. The average Bonchev–Trinajstić information content (AvgIpc) is 2.16. The lowest BCUT2D eigenvalue weighted by Gasteiger charge is -2.03. The summed E-state index contributed by atoms with van der Waals surface area (Å²) in [5.41, 5.74) is -2.14. The second-order valence-corrected chi connectivity index (χ2v) is 3.46. The summed E-state index contributed by atoms with van der Waals surface area (Å²) in [6.45, 7) is 0. The summed E-state index contributed by atoms with van der Waals surface area (Å²) in [6.07, 6.45) is -2.18. The molecule has 1 aromatic rings. The van der Waals surface area contributed by atoms with E-state index in [1.807, 2.05) is 0 Å². The van der Waals surface area contributed by atoms with Gasteiger partial charge < -0.3 is 0 Å². The van der Waals surface area contributed by atoms with Crippen molar-refractivity contribution in [2.24, 2.45) is 0 Å². The zero-order valence-corrected chi connectivity index (χ0v) is 9.14. The highest BCUT2D eigenvalue weighted by molar-refractivity contribution is 14.1. The number of rotatable bonds is 3. The van der Waals surface area contributed by atoms with Gasteiger partial charge in [-0.1, -0.05) is 0 Å². The molecule has 1 heterocycles. The van der Waals surface area contributed by atoms with Gasteiger partial charge >= 0.3 is 0 Å². The van der Waals surface area contributed by atoms with Crippen LogP contribution in [0.2, 0.25) is 0 Å². The van der Waals surface area contributed by atoms with Crippen LogP contribution in [0.15, 0.2) is 6.20 Å². The standard InChI is InChI=1S/C7H3F2IN2O3/c8-6(9)3-1-11-7(10)4(2-13)5(3)12(14)15/h1-2,6H. The average molecular weight is 328 g/mol. The molecule has 8 heteroatoms. The molecule has 0 unspecified atom stereocenters. The normalized spacial score (nSPS) is 10.4. The van der Waals surface area contributed by atoms with Crippen LogP contribution < -0.4 is 0 Å². The number of pyridine rings is 1. The van der Waals surface area contributed by atoms with Crippen molar-refractivity contribution in [1.29, 1.82) is 0 Å². The molecule has 1 aromatic heterocycles. The molecule has 0 aliphatic heterocycles. The maximum Gasteiger partial charge on any atom is 0.293 e. The summed E-state index contributed by atoms with van der Waals surface area (Å²) in [4.78, 5) is 23.6. The van der Waals surface area contributed by atoms with Crippen LogP contribution in [-0.2, 0) is 0 Å². The van der Waals surface area contributed by atoms with Gasteiger partial charge in [0.15, 0.2) is 6.29 Å². The van der Waals surface area contributed by atoms with Crippen LogP contribution in [0.3, 0.4) is 0 Å². The van der Waals surface area contributed by atoms with Crippen molar-refractivity contribution < 1.29 is 18.5 Å². The van der Waals surface area contributed by atoms with Gasteiger partial charge in [0.1, 0.15) is 14.8 Å². The fourth-order valence-electron chi connectivity index (χ4n) is 0.978. The van der Waals surface area contributed by atoms with E-state index in [0.29, 0.717) is 6.20 Å². The molecule has 5 nitrogen and oxygen atoms in total. The number of halogens is 3.